The van der Waals surface area contributed by atoms with Crippen molar-refractivity contribution in [3.05, 3.63) is 0 Å². The molecule has 2 N–H and O–H groups in total. The molecule has 0 aromatic carbocycles. The van der Waals surface area contributed by atoms with E-state index in [1.165, 1.54) is 0 Å². The van der Waals surface area contributed by atoms with Crippen LogP contribution in [0.25, 0.3) is 0 Å². The van der Waals surface area contributed by atoms with Crippen LogP contribution in [0.15, 0.2) is 0 Å². The van der Waals surface area contributed by atoms with Crippen LogP contribution in [0.5, 0.6) is 0 Å². The topological polar surface area (TPSA) is 52.6 Å². The Morgan fingerprint density at radius 3 is 2.64 bits per heavy atom. The minimum Gasteiger partial charge on any atom is -0.370 e. The lowest BCUT2D eigenvalue weighted by Gasteiger charge is -2.18. The predicted octanol–water partition coefficient (Wildman–Crippen LogP) is -1.39. The molecule has 4 nitrogen and oxygen atoms in total. The second-order valence-electron chi connectivity index (χ2n) is 3.52. The molecule has 1 saturated carbocycles. The van der Waals surface area contributed by atoms with Crippen molar-refractivity contribution in [2.24, 2.45) is 11.8 Å². The average Bonchev–Trinajstić information content (AvgIpc) is 2.39. The predicted molar refractivity (Wildman–Crippen MR) is 38.6 cm³/mol. The van der Waals surface area contributed by atoms with Crippen molar-refractivity contribution < 1.29 is 9.90 Å². The molecule has 0 spiro atoms. The summed E-state index contributed by atoms with van der Waals surface area (Å²) >= 11 is 0. The van der Waals surface area contributed by atoms with Gasteiger partial charge in [-0.3, -0.25) is 4.79 Å². The highest BCUT2D eigenvalue weighted by molar-refractivity contribution is 5.49. The summed E-state index contributed by atoms with van der Waals surface area (Å²) in [6.07, 6.45) is 0.582. The van der Waals surface area contributed by atoms with Crippen LogP contribution in [0.3, 0.4) is 0 Å². The average molecular weight is 156 g/mol. The number of likely N-dealkylation sites (tertiary alicyclic amines) is 1. The number of amides is 1. The zero-order valence-corrected chi connectivity index (χ0v) is 6.45. The van der Waals surface area contributed by atoms with Gasteiger partial charge < -0.3 is 15.3 Å². The first-order valence-corrected chi connectivity index (χ1v) is 3.80. The monoisotopic (exact) mass is 156 g/mol. The van der Waals surface area contributed by atoms with Gasteiger partial charge in [0.25, 0.3) is 0 Å². The fourth-order valence-electron chi connectivity index (χ4n) is 2.11. The maximum absolute atomic E-state index is 10.1. The van der Waals surface area contributed by atoms with Gasteiger partial charge in [0, 0.05) is 24.9 Å². The Morgan fingerprint density at radius 2 is 2.18 bits per heavy atom. The van der Waals surface area contributed by atoms with E-state index in [1.54, 1.807) is 0 Å². The Morgan fingerprint density at radius 1 is 1.64 bits per heavy atom. The Hall–Kier alpha value is -0.610. The van der Waals surface area contributed by atoms with Crippen LogP contribution in [0, 0.1) is 11.8 Å². The maximum Gasteiger partial charge on any atom is 0.209 e. The SMILES string of the molecule is CN1CC2C(C1)C2(O)NC=O. The first kappa shape index (κ1) is 7.06. The lowest BCUT2D eigenvalue weighted by Crippen LogP contribution is -2.39. The van der Waals surface area contributed by atoms with Crippen LogP contribution >= 0.6 is 0 Å². The molecule has 2 atom stereocenters. The Labute approximate surface area is 65.2 Å². The molecule has 1 saturated heterocycles. The summed E-state index contributed by atoms with van der Waals surface area (Å²) in [5, 5.41) is 12.1. The zero-order valence-electron chi connectivity index (χ0n) is 6.45. The molecule has 0 radical (unpaired) electrons. The summed E-state index contributed by atoms with van der Waals surface area (Å²) in [5.74, 6) is 0.524. The van der Waals surface area contributed by atoms with Crippen molar-refractivity contribution in [3.8, 4) is 0 Å². The van der Waals surface area contributed by atoms with Gasteiger partial charge in [0.1, 0.15) is 5.72 Å². The van der Waals surface area contributed by atoms with E-state index in [9.17, 15) is 9.90 Å². The van der Waals surface area contributed by atoms with Gasteiger partial charge in [-0.15, -0.1) is 0 Å². The van der Waals surface area contributed by atoms with Crippen LogP contribution < -0.4 is 5.32 Å². The summed E-state index contributed by atoms with van der Waals surface area (Å²) in [4.78, 5) is 12.3. The van der Waals surface area contributed by atoms with Crippen molar-refractivity contribution >= 4 is 6.41 Å². The van der Waals surface area contributed by atoms with Crippen LogP contribution in [-0.2, 0) is 4.79 Å². The van der Waals surface area contributed by atoms with Crippen molar-refractivity contribution in [1.82, 2.24) is 10.2 Å². The lowest BCUT2D eigenvalue weighted by atomic mass is 10.3. The van der Waals surface area contributed by atoms with Gasteiger partial charge >= 0.3 is 0 Å². The summed E-state index contributed by atoms with van der Waals surface area (Å²) in [7, 11) is 2.02. The van der Waals surface area contributed by atoms with E-state index in [-0.39, 0.29) is 11.8 Å². The highest BCUT2D eigenvalue weighted by Gasteiger charge is 2.67. The third-order valence-corrected chi connectivity index (χ3v) is 2.81. The van der Waals surface area contributed by atoms with Crippen molar-refractivity contribution in [1.29, 1.82) is 0 Å². The molecule has 2 fully saturated rings. The first-order chi connectivity index (χ1) is 5.18. The maximum atomic E-state index is 10.1. The minimum atomic E-state index is -0.867. The number of hydrogen-bond donors (Lipinski definition) is 2. The van der Waals surface area contributed by atoms with Crippen molar-refractivity contribution in [2.45, 2.75) is 5.72 Å². The molecule has 1 aliphatic heterocycles. The second kappa shape index (κ2) is 1.95. The van der Waals surface area contributed by atoms with Gasteiger partial charge in [0.2, 0.25) is 6.41 Å². The summed E-state index contributed by atoms with van der Waals surface area (Å²) in [6.45, 7) is 1.78. The molecule has 0 bridgehead atoms. The summed E-state index contributed by atoms with van der Waals surface area (Å²) in [5.41, 5.74) is -0.867. The molecule has 1 aliphatic carbocycles. The number of rotatable bonds is 2. The number of nitrogens with zero attached hydrogens (tertiary/aromatic N) is 1. The second-order valence-corrected chi connectivity index (χ2v) is 3.52. The van der Waals surface area contributed by atoms with Gasteiger partial charge in [-0.1, -0.05) is 0 Å². The van der Waals surface area contributed by atoms with E-state index < -0.39 is 5.72 Å². The molecule has 4 heteroatoms. The van der Waals surface area contributed by atoms with Gasteiger partial charge in [0.05, 0.1) is 0 Å². The van der Waals surface area contributed by atoms with Gasteiger partial charge in [-0.05, 0) is 7.05 Å². The number of carbonyl (C=O) groups excluding carboxylic acids is 1. The number of aliphatic hydroxyl groups is 1. The normalized spacial score (nSPS) is 48.5. The van der Waals surface area contributed by atoms with Crippen molar-refractivity contribution in [3.63, 3.8) is 0 Å². The molecule has 62 valence electrons. The molecule has 2 aliphatic rings. The zero-order chi connectivity index (χ0) is 8.06. The van der Waals surface area contributed by atoms with Gasteiger partial charge in [-0.25, -0.2) is 0 Å². The molecule has 1 amide bonds. The number of fused-ring (bicyclic) bond motifs is 1. The van der Waals surface area contributed by atoms with E-state index in [2.05, 4.69) is 10.2 Å². The fraction of sp³-hybridized carbons (Fsp3) is 0.857. The molecule has 1 heterocycles. The van der Waals surface area contributed by atoms with Crippen LogP contribution in [-0.4, -0.2) is 42.3 Å². The molecule has 0 aromatic heterocycles. The van der Waals surface area contributed by atoms with E-state index in [0.29, 0.717) is 6.41 Å². The van der Waals surface area contributed by atoms with E-state index in [0.717, 1.165) is 13.1 Å². The fourth-order valence-corrected chi connectivity index (χ4v) is 2.11. The summed E-state index contributed by atoms with van der Waals surface area (Å²) in [6, 6.07) is 0. The number of carbonyl (C=O) groups is 1. The van der Waals surface area contributed by atoms with Crippen molar-refractivity contribution in [2.75, 3.05) is 20.1 Å². The standard InChI is InChI=1S/C7H12N2O2/c1-9-2-5-6(3-9)7(5,11)8-4-10/h4-6,11H,2-3H2,1H3,(H,8,10). The number of nitrogens with one attached hydrogen (secondary N) is 1. The van der Waals surface area contributed by atoms with Crippen LogP contribution in [0.2, 0.25) is 0 Å². The van der Waals surface area contributed by atoms with Crippen LogP contribution in [0.4, 0.5) is 0 Å². The third-order valence-electron chi connectivity index (χ3n) is 2.81. The lowest BCUT2D eigenvalue weighted by molar-refractivity contribution is -0.113. The molecule has 2 rings (SSSR count). The molecular weight excluding hydrogens is 144 g/mol. The molecule has 2 unspecified atom stereocenters. The first-order valence-electron chi connectivity index (χ1n) is 3.80. The minimum absolute atomic E-state index is 0.262. The number of piperidine rings is 1. The quantitative estimate of drug-likeness (QED) is 0.382. The third kappa shape index (κ3) is 0.795. The van der Waals surface area contributed by atoms with Gasteiger partial charge in [0.15, 0.2) is 0 Å². The Bertz CT molecular complexity index is 183. The Balaban J connectivity index is 1.99. The molecule has 0 aromatic rings. The molecule has 11 heavy (non-hydrogen) atoms. The number of hydrogen-bond acceptors (Lipinski definition) is 3. The largest absolute Gasteiger partial charge is 0.370 e. The highest BCUT2D eigenvalue weighted by atomic mass is 16.3. The van der Waals surface area contributed by atoms with E-state index >= 15 is 0 Å². The van der Waals surface area contributed by atoms with E-state index in [4.69, 9.17) is 0 Å². The molecular formula is C7H12N2O2. The Kier molecular flexibility index (Phi) is 1.25. The summed E-state index contributed by atoms with van der Waals surface area (Å²) < 4.78 is 0. The smallest absolute Gasteiger partial charge is 0.209 e. The van der Waals surface area contributed by atoms with Crippen LogP contribution in [0.1, 0.15) is 0 Å². The van der Waals surface area contributed by atoms with Gasteiger partial charge in [-0.2, -0.15) is 0 Å². The van der Waals surface area contributed by atoms with E-state index in [1.807, 2.05) is 7.05 Å². The highest BCUT2D eigenvalue weighted by Crippen LogP contribution is 2.52.